The average Bonchev–Trinajstić information content (AvgIpc) is 2.74. The van der Waals surface area contributed by atoms with E-state index in [1.165, 1.54) is 6.20 Å². The molecule has 2 rings (SSSR count). The summed E-state index contributed by atoms with van der Waals surface area (Å²) in [4.78, 5) is 7.75. The molecule has 0 radical (unpaired) electrons. The Morgan fingerprint density at radius 3 is 2.47 bits per heavy atom. The summed E-state index contributed by atoms with van der Waals surface area (Å²) in [5.74, 6) is 0. The van der Waals surface area contributed by atoms with Crippen LogP contribution in [0.4, 0.5) is 0 Å². The molecule has 0 unspecified atom stereocenters. The van der Waals surface area contributed by atoms with Crippen LogP contribution in [0.2, 0.25) is 10.4 Å². The van der Waals surface area contributed by atoms with E-state index in [1.807, 2.05) is 0 Å². The highest BCUT2D eigenvalue weighted by molar-refractivity contribution is 7.52. The molecule has 2 aromatic heterocycles. The largest absolute Gasteiger partial charge is 0.456 e. The predicted molar refractivity (Wildman–Crippen MR) is 71.6 cm³/mol. The molecule has 0 fully saturated rings. The number of nitrogens with zero attached hydrogens (tertiary/aromatic N) is 4. The molecule has 2 heterocycles. The fourth-order valence-corrected chi connectivity index (χ4v) is 3.42. The Morgan fingerprint density at radius 2 is 1.89 bits per heavy atom. The Labute approximate surface area is 119 Å². The smallest absolute Gasteiger partial charge is 0.291 e. The number of hydrogen-bond donors (Lipinski definition) is 0. The summed E-state index contributed by atoms with van der Waals surface area (Å²) in [6, 6.07) is 0. The van der Waals surface area contributed by atoms with Crippen LogP contribution < -0.4 is 0 Å². The molecule has 0 aliphatic heterocycles. The van der Waals surface area contributed by atoms with Gasteiger partial charge in [-0.2, -0.15) is 10.1 Å². The van der Waals surface area contributed by atoms with E-state index < -0.39 is 7.75 Å². The normalized spacial score (nSPS) is 12.2. The van der Waals surface area contributed by atoms with E-state index in [4.69, 9.17) is 32.2 Å². The molecule has 0 aromatic carbocycles. The zero-order valence-electron chi connectivity index (χ0n) is 10.2. The minimum Gasteiger partial charge on any atom is -0.291 e. The molecule has 0 N–H and O–H groups in total. The van der Waals surface area contributed by atoms with Gasteiger partial charge in [0.1, 0.15) is 5.15 Å². The van der Waals surface area contributed by atoms with Crippen molar-refractivity contribution in [2.45, 2.75) is 13.8 Å². The fourth-order valence-electron chi connectivity index (χ4n) is 1.49. The number of fused-ring (bicyclic) bond motifs is 1. The van der Waals surface area contributed by atoms with E-state index in [0.717, 1.165) is 4.45 Å². The Kier molecular flexibility index (Phi) is 4.43. The lowest BCUT2D eigenvalue weighted by Gasteiger charge is -2.16. The molecule has 7 nitrogen and oxygen atoms in total. The van der Waals surface area contributed by atoms with Gasteiger partial charge >= 0.3 is 7.75 Å². The maximum absolute atomic E-state index is 12.6. The Morgan fingerprint density at radius 1 is 1.26 bits per heavy atom. The fraction of sp³-hybridized carbons (Fsp3) is 0.444. The third kappa shape index (κ3) is 2.75. The number of aromatic nitrogens is 4. The highest BCUT2D eigenvalue weighted by atomic mass is 35.5. The first-order valence-electron chi connectivity index (χ1n) is 5.48. The van der Waals surface area contributed by atoms with Crippen LogP contribution in [0.1, 0.15) is 13.8 Å². The van der Waals surface area contributed by atoms with Crippen molar-refractivity contribution in [1.82, 2.24) is 19.5 Å². The maximum Gasteiger partial charge on any atom is 0.456 e. The van der Waals surface area contributed by atoms with Crippen LogP contribution in [0.5, 0.6) is 0 Å². The molecule has 0 saturated carbocycles. The van der Waals surface area contributed by atoms with Crippen LogP contribution in [-0.4, -0.2) is 32.7 Å². The van der Waals surface area contributed by atoms with Crippen molar-refractivity contribution in [3.63, 3.8) is 0 Å². The molecule has 0 aliphatic carbocycles. The molecule has 0 amide bonds. The van der Waals surface area contributed by atoms with Crippen molar-refractivity contribution < 1.29 is 13.6 Å². The first kappa shape index (κ1) is 14.7. The van der Waals surface area contributed by atoms with Crippen LogP contribution in [-0.2, 0) is 13.6 Å². The summed E-state index contributed by atoms with van der Waals surface area (Å²) in [5.41, 5.74) is 0.204. The van der Waals surface area contributed by atoms with E-state index in [1.54, 1.807) is 13.8 Å². The first-order valence-corrected chi connectivity index (χ1v) is 7.73. The number of hydrogen-bond acceptors (Lipinski definition) is 6. The standard InChI is InChI=1S/C9H11Cl2N4O3P/c1-3-17-19(16,18-4-2)15-8-6(5-12-15)7(10)13-9(11)14-8/h5H,3-4H2,1-2H3. The van der Waals surface area contributed by atoms with Gasteiger partial charge in [0.05, 0.1) is 24.8 Å². The first-order chi connectivity index (χ1) is 9.01. The van der Waals surface area contributed by atoms with E-state index in [0.29, 0.717) is 5.39 Å². The molecule has 2 aromatic rings. The van der Waals surface area contributed by atoms with Crippen molar-refractivity contribution in [2.24, 2.45) is 0 Å². The van der Waals surface area contributed by atoms with Crippen molar-refractivity contribution >= 4 is 42.0 Å². The maximum atomic E-state index is 12.6. The monoisotopic (exact) mass is 324 g/mol. The summed E-state index contributed by atoms with van der Waals surface area (Å²) in [5, 5.41) is 4.44. The van der Waals surface area contributed by atoms with Crippen molar-refractivity contribution in [3.05, 3.63) is 16.6 Å². The third-order valence-corrected chi connectivity index (χ3v) is 4.54. The average molecular weight is 325 g/mol. The lowest BCUT2D eigenvalue weighted by atomic mass is 10.4. The van der Waals surface area contributed by atoms with Gasteiger partial charge in [0.25, 0.3) is 0 Å². The number of rotatable bonds is 5. The Bertz CT molecular complexity index is 638. The van der Waals surface area contributed by atoms with Gasteiger partial charge in [0.15, 0.2) is 5.65 Å². The minimum absolute atomic E-state index is 0.0706. The van der Waals surface area contributed by atoms with Crippen molar-refractivity contribution in [1.29, 1.82) is 0 Å². The summed E-state index contributed by atoms with van der Waals surface area (Å²) in [7, 11) is -3.61. The molecule has 0 saturated heterocycles. The summed E-state index contributed by atoms with van der Waals surface area (Å²) >= 11 is 11.7. The molecule has 0 spiro atoms. The van der Waals surface area contributed by atoms with Crippen LogP contribution in [0.3, 0.4) is 0 Å². The zero-order valence-corrected chi connectivity index (χ0v) is 12.6. The van der Waals surface area contributed by atoms with E-state index >= 15 is 0 Å². The van der Waals surface area contributed by atoms with Crippen LogP contribution in [0, 0.1) is 0 Å². The second kappa shape index (κ2) is 5.73. The summed E-state index contributed by atoms with van der Waals surface area (Å²) in [6.07, 6.45) is 1.39. The van der Waals surface area contributed by atoms with Crippen LogP contribution in [0.15, 0.2) is 6.20 Å². The topological polar surface area (TPSA) is 79.1 Å². The second-order valence-corrected chi connectivity index (χ2v) is 5.89. The molecule has 19 heavy (non-hydrogen) atoms. The van der Waals surface area contributed by atoms with E-state index in [-0.39, 0.29) is 29.3 Å². The van der Waals surface area contributed by atoms with Gasteiger partial charge in [-0.1, -0.05) is 11.6 Å². The molecule has 0 bridgehead atoms. The van der Waals surface area contributed by atoms with Gasteiger partial charge in [-0.25, -0.2) is 9.55 Å². The van der Waals surface area contributed by atoms with Gasteiger partial charge in [0, 0.05) is 0 Å². The Balaban J connectivity index is 2.64. The van der Waals surface area contributed by atoms with Gasteiger partial charge in [-0.3, -0.25) is 9.05 Å². The second-order valence-electron chi connectivity index (χ2n) is 3.36. The summed E-state index contributed by atoms with van der Waals surface area (Å²) in [6.45, 7) is 3.80. The zero-order chi connectivity index (χ0) is 14.0. The minimum atomic E-state index is -3.61. The SMILES string of the molecule is CCOP(=O)(OCC)n1ncc2c(Cl)nc(Cl)nc21. The lowest BCUT2D eigenvalue weighted by molar-refractivity contribution is 0.210. The summed E-state index contributed by atoms with van der Waals surface area (Å²) < 4.78 is 24.1. The Hall–Kier alpha value is -0.720. The third-order valence-electron chi connectivity index (χ3n) is 2.15. The van der Waals surface area contributed by atoms with Crippen LogP contribution >= 0.6 is 30.9 Å². The van der Waals surface area contributed by atoms with Gasteiger partial charge in [0.2, 0.25) is 5.28 Å². The van der Waals surface area contributed by atoms with Crippen LogP contribution in [0.25, 0.3) is 11.0 Å². The predicted octanol–water partition coefficient (Wildman–Crippen LogP) is 3.16. The molecular weight excluding hydrogens is 314 g/mol. The molecular formula is C9H11Cl2N4O3P. The highest BCUT2D eigenvalue weighted by Crippen LogP contribution is 2.50. The highest BCUT2D eigenvalue weighted by Gasteiger charge is 2.31. The van der Waals surface area contributed by atoms with E-state index in [2.05, 4.69) is 15.1 Å². The van der Waals surface area contributed by atoms with Gasteiger partial charge in [-0.05, 0) is 25.4 Å². The molecule has 104 valence electrons. The molecule has 0 aliphatic rings. The van der Waals surface area contributed by atoms with Gasteiger partial charge < -0.3 is 0 Å². The molecule has 10 heteroatoms. The number of halogens is 2. The molecule has 0 atom stereocenters. The quantitative estimate of drug-likeness (QED) is 0.477. The van der Waals surface area contributed by atoms with E-state index in [9.17, 15) is 4.57 Å². The van der Waals surface area contributed by atoms with Crippen molar-refractivity contribution in [3.8, 4) is 0 Å². The van der Waals surface area contributed by atoms with Crippen molar-refractivity contribution in [2.75, 3.05) is 13.2 Å². The lowest BCUT2D eigenvalue weighted by Crippen LogP contribution is -2.07. The van der Waals surface area contributed by atoms with Gasteiger partial charge in [-0.15, -0.1) is 4.45 Å².